The summed E-state index contributed by atoms with van der Waals surface area (Å²) in [5.41, 5.74) is 2.28. The number of amides is 1. The molecule has 1 amide bonds. The summed E-state index contributed by atoms with van der Waals surface area (Å²) < 4.78 is 10.8. The van der Waals surface area contributed by atoms with Gasteiger partial charge in [0.2, 0.25) is 5.91 Å². The number of ether oxygens (including phenoxy) is 2. The summed E-state index contributed by atoms with van der Waals surface area (Å²) in [6, 6.07) is 16.1. The van der Waals surface area contributed by atoms with Crippen molar-refractivity contribution in [1.82, 2.24) is 5.32 Å². The maximum absolute atomic E-state index is 12.7. The number of aryl methyl sites for hydroxylation is 1. The summed E-state index contributed by atoms with van der Waals surface area (Å²) in [7, 11) is 3.28. The lowest BCUT2D eigenvalue weighted by atomic mass is 9.91. The molecule has 144 valence electrons. The molecule has 4 nitrogen and oxygen atoms in total. The number of benzene rings is 2. The topological polar surface area (TPSA) is 47.6 Å². The maximum atomic E-state index is 12.7. The fraction of sp³-hybridized carbons (Fsp3) is 0.435. The second kappa shape index (κ2) is 9.45. The molecule has 0 aromatic heterocycles. The van der Waals surface area contributed by atoms with Gasteiger partial charge in [0.1, 0.15) is 0 Å². The number of hydrogen-bond acceptors (Lipinski definition) is 3. The van der Waals surface area contributed by atoms with Crippen molar-refractivity contribution in [3.05, 3.63) is 59.7 Å². The molecule has 1 aliphatic carbocycles. The summed E-state index contributed by atoms with van der Waals surface area (Å²) >= 11 is 0. The van der Waals surface area contributed by atoms with Gasteiger partial charge >= 0.3 is 0 Å². The van der Waals surface area contributed by atoms with E-state index < -0.39 is 0 Å². The van der Waals surface area contributed by atoms with E-state index in [4.69, 9.17) is 9.47 Å². The van der Waals surface area contributed by atoms with Crippen molar-refractivity contribution in [2.75, 3.05) is 14.2 Å². The number of methoxy groups -OCH3 is 2. The normalized spacial score (nSPS) is 15.3. The number of rotatable bonds is 8. The van der Waals surface area contributed by atoms with Crippen LogP contribution in [0.5, 0.6) is 11.5 Å². The number of nitrogens with one attached hydrogen (secondary N) is 1. The standard InChI is InChI=1S/C23H29NO3/c1-26-20-14-13-19(16-21(20)27-2)23(18-10-6-7-11-18)24-22(25)15-12-17-8-4-3-5-9-17/h3-5,8-9,13-14,16,18,23H,6-7,10-12,15H2,1-2H3,(H,24,25). The smallest absolute Gasteiger partial charge is 0.220 e. The van der Waals surface area contributed by atoms with Crippen LogP contribution in [0.2, 0.25) is 0 Å². The van der Waals surface area contributed by atoms with E-state index in [1.807, 2.05) is 36.4 Å². The van der Waals surface area contributed by atoms with E-state index in [1.165, 1.54) is 18.4 Å². The molecule has 2 aromatic rings. The van der Waals surface area contributed by atoms with E-state index in [2.05, 4.69) is 17.4 Å². The van der Waals surface area contributed by atoms with E-state index in [-0.39, 0.29) is 11.9 Å². The van der Waals surface area contributed by atoms with Gasteiger partial charge in [-0.1, -0.05) is 49.2 Å². The third kappa shape index (κ3) is 5.03. The molecule has 1 N–H and O–H groups in total. The van der Waals surface area contributed by atoms with Gasteiger partial charge in [0, 0.05) is 6.42 Å². The highest BCUT2D eigenvalue weighted by molar-refractivity contribution is 5.76. The minimum absolute atomic E-state index is 0.0237. The zero-order valence-electron chi connectivity index (χ0n) is 16.2. The highest BCUT2D eigenvalue weighted by Gasteiger charge is 2.28. The van der Waals surface area contributed by atoms with Crippen LogP contribution in [0.1, 0.15) is 49.3 Å². The predicted molar refractivity (Wildman–Crippen MR) is 107 cm³/mol. The predicted octanol–water partition coefficient (Wildman–Crippen LogP) is 4.68. The van der Waals surface area contributed by atoms with E-state index in [9.17, 15) is 4.79 Å². The molecule has 0 aliphatic heterocycles. The molecule has 0 saturated heterocycles. The van der Waals surface area contributed by atoms with Gasteiger partial charge in [-0.25, -0.2) is 0 Å². The molecule has 1 aliphatic rings. The molecular weight excluding hydrogens is 338 g/mol. The number of carbonyl (C=O) groups is 1. The van der Waals surface area contributed by atoms with Crippen molar-refractivity contribution in [1.29, 1.82) is 0 Å². The fourth-order valence-corrected chi connectivity index (χ4v) is 3.96. The third-order valence-corrected chi connectivity index (χ3v) is 5.44. The molecule has 2 aromatic carbocycles. The van der Waals surface area contributed by atoms with E-state index in [1.54, 1.807) is 14.2 Å². The van der Waals surface area contributed by atoms with Crippen LogP contribution < -0.4 is 14.8 Å². The Kier molecular flexibility index (Phi) is 6.74. The van der Waals surface area contributed by atoms with E-state index in [0.717, 1.165) is 24.8 Å². The van der Waals surface area contributed by atoms with Gasteiger partial charge in [0.05, 0.1) is 20.3 Å². The molecule has 0 spiro atoms. The highest BCUT2D eigenvalue weighted by atomic mass is 16.5. The molecule has 1 saturated carbocycles. The first-order valence-corrected chi connectivity index (χ1v) is 9.76. The van der Waals surface area contributed by atoms with Gasteiger partial charge in [-0.2, -0.15) is 0 Å². The minimum Gasteiger partial charge on any atom is -0.493 e. The summed E-state index contributed by atoms with van der Waals surface area (Å²) in [5.74, 6) is 1.99. The molecule has 3 rings (SSSR count). The Morgan fingerprint density at radius 3 is 2.41 bits per heavy atom. The van der Waals surface area contributed by atoms with Gasteiger partial charge in [-0.05, 0) is 48.4 Å². The minimum atomic E-state index is 0.0237. The highest BCUT2D eigenvalue weighted by Crippen LogP contribution is 2.38. The van der Waals surface area contributed by atoms with Crippen molar-refractivity contribution in [3.63, 3.8) is 0 Å². The Labute approximate surface area is 161 Å². The van der Waals surface area contributed by atoms with Crippen molar-refractivity contribution < 1.29 is 14.3 Å². The summed E-state index contributed by atoms with van der Waals surface area (Å²) in [6.07, 6.45) is 6.02. The average Bonchev–Trinajstić information content (AvgIpc) is 3.25. The SMILES string of the molecule is COc1ccc(C(NC(=O)CCc2ccccc2)C2CCCC2)cc1OC. The van der Waals surface area contributed by atoms with Crippen LogP contribution >= 0.6 is 0 Å². The third-order valence-electron chi connectivity index (χ3n) is 5.44. The van der Waals surface area contributed by atoms with Gasteiger partial charge < -0.3 is 14.8 Å². The first-order chi connectivity index (χ1) is 13.2. The van der Waals surface area contributed by atoms with E-state index >= 15 is 0 Å². The molecule has 1 atom stereocenters. The van der Waals surface area contributed by atoms with Gasteiger partial charge in [-0.3, -0.25) is 4.79 Å². The summed E-state index contributed by atoms with van der Waals surface area (Å²) in [4.78, 5) is 12.7. The molecule has 0 bridgehead atoms. The molecular formula is C23H29NO3. The lowest BCUT2D eigenvalue weighted by molar-refractivity contribution is -0.122. The van der Waals surface area contributed by atoms with E-state index in [0.29, 0.717) is 23.8 Å². The Morgan fingerprint density at radius 2 is 1.74 bits per heavy atom. The largest absolute Gasteiger partial charge is 0.493 e. The lowest BCUT2D eigenvalue weighted by Crippen LogP contribution is -2.33. The van der Waals surface area contributed by atoms with Crippen LogP contribution in [0.25, 0.3) is 0 Å². The quantitative estimate of drug-likeness (QED) is 0.737. The molecule has 0 radical (unpaired) electrons. The Hall–Kier alpha value is -2.49. The molecule has 27 heavy (non-hydrogen) atoms. The van der Waals surface area contributed by atoms with Gasteiger partial charge in [0.25, 0.3) is 0 Å². The Bertz CT molecular complexity index is 739. The Balaban J connectivity index is 1.72. The van der Waals surface area contributed by atoms with Crippen molar-refractivity contribution in [2.24, 2.45) is 5.92 Å². The van der Waals surface area contributed by atoms with Crippen molar-refractivity contribution >= 4 is 5.91 Å². The average molecular weight is 367 g/mol. The van der Waals surface area contributed by atoms with Crippen LogP contribution in [0.4, 0.5) is 0 Å². The second-order valence-corrected chi connectivity index (χ2v) is 7.19. The van der Waals surface area contributed by atoms with Crippen LogP contribution in [0.15, 0.2) is 48.5 Å². The number of hydrogen-bond donors (Lipinski definition) is 1. The maximum Gasteiger partial charge on any atom is 0.220 e. The van der Waals surface area contributed by atoms with Crippen molar-refractivity contribution in [2.45, 2.75) is 44.6 Å². The van der Waals surface area contributed by atoms with Crippen LogP contribution in [-0.4, -0.2) is 20.1 Å². The number of carbonyl (C=O) groups excluding carboxylic acids is 1. The van der Waals surface area contributed by atoms with Gasteiger partial charge in [0.15, 0.2) is 11.5 Å². The zero-order chi connectivity index (χ0) is 19.1. The van der Waals surface area contributed by atoms with Gasteiger partial charge in [-0.15, -0.1) is 0 Å². The van der Waals surface area contributed by atoms with Crippen LogP contribution in [-0.2, 0) is 11.2 Å². The molecule has 4 heteroatoms. The second-order valence-electron chi connectivity index (χ2n) is 7.19. The molecule has 1 fully saturated rings. The lowest BCUT2D eigenvalue weighted by Gasteiger charge is -2.26. The molecule has 0 heterocycles. The summed E-state index contributed by atoms with van der Waals surface area (Å²) in [6.45, 7) is 0. The first-order valence-electron chi connectivity index (χ1n) is 9.76. The fourth-order valence-electron chi connectivity index (χ4n) is 3.96. The monoisotopic (exact) mass is 367 g/mol. The van der Waals surface area contributed by atoms with Crippen LogP contribution in [0, 0.1) is 5.92 Å². The zero-order valence-corrected chi connectivity index (χ0v) is 16.2. The Morgan fingerprint density at radius 1 is 1.04 bits per heavy atom. The van der Waals surface area contributed by atoms with Crippen LogP contribution in [0.3, 0.4) is 0 Å². The first kappa shape index (κ1) is 19.3. The van der Waals surface area contributed by atoms with Crippen molar-refractivity contribution in [3.8, 4) is 11.5 Å². The summed E-state index contributed by atoms with van der Waals surface area (Å²) in [5, 5.41) is 3.30. The molecule has 1 unspecified atom stereocenters.